The van der Waals surface area contributed by atoms with E-state index in [0.29, 0.717) is 38.7 Å². The van der Waals surface area contributed by atoms with E-state index in [1.807, 2.05) is 36.1 Å². The molecule has 3 rings (SSSR count). The SMILES string of the molecule is CCNC(=NCCC(=O)N1CCOc2ccccc2C1)NC1CC1. The first-order chi connectivity index (χ1) is 11.8. The van der Waals surface area contributed by atoms with Gasteiger partial charge in [-0.3, -0.25) is 9.79 Å². The number of aliphatic imine (C=N–C) groups is 1. The summed E-state index contributed by atoms with van der Waals surface area (Å²) in [7, 11) is 0. The normalized spacial score (nSPS) is 17.5. The molecule has 6 nitrogen and oxygen atoms in total. The van der Waals surface area contributed by atoms with Crippen LogP contribution in [0.1, 0.15) is 31.7 Å². The molecule has 1 aromatic carbocycles. The van der Waals surface area contributed by atoms with Crippen molar-refractivity contribution < 1.29 is 9.53 Å². The largest absolute Gasteiger partial charge is 0.491 e. The number of guanidine groups is 1. The summed E-state index contributed by atoms with van der Waals surface area (Å²) in [5.41, 5.74) is 1.07. The number of hydrogen-bond donors (Lipinski definition) is 2. The minimum atomic E-state index is 0.126. The highest BCUT2D eigenvalue weighted by atomic mass is 16.5. The average Bonchev–Trinajstić information content (AvgIpc) is 3.40. The van der Waals surface area contributed by atoms with Gasteiger partial charge in [-0.15, -0.1) is 0 Å². The number of para-hydroxylation sites is 1. The van der Waals surface area contributed by atoms with Gasteiger partial charge in [0.25, 0.3) is 0 Å². The molecule has 1 aromatic rings. The Labute approximate surface area is 143 Å². The number of hydrogen-bond acceptors (Lipinski definition) is 3. The first-order valence-corrected chi connectivity index (χ1v) is 8.79. The van der Waals surface area contributed by atoms with Crippen molar-refractivity contribution in [1.82, 2.24) is 15.5 Å². The van der Waals surface area contributed by atoms with Gasteiger partial charge in [-0.25, -0.2) is 0 Å². The highest BCUT2D eigenvalue weighted by Gasteiger charge is 2.22. The van der Waals surface area contributed by atoms with Crippen molar-refractivity contribution in [3.63, 3.8) is 0 Å². The molecule has 0 saturated heterocycles. The molecular formula is C18H26N4O2. The quantitative estimate of drug-likeness (QED) is 0.634. The highest BCUT2D eigenvalue weighted by molar-refractivity contribution is 5.81. The van der Waals surface area contributed by atoms with E-state index in [1.54, 1.807) is 0 Å². The lowest BCUT2D eigenvalue weighted by Crippen LogP contribution is -2.39. The number of benzene rings is 1. The first kappa shape index (κ1) is 16.6. The maximum absolute atomic E-state index is 12.5. The highest BCUT2D eigenvalue weighted by Crippen LogP contribution is 2.22. The number of fused-ring (bicyclic) bond motifs is 1. The van der Waals surface area contributed by atoms with Crippen molar-refractivity contribution in [3.8, 4) is 5.75 Å². The van der Waals surface area contributed by atoms with Crippen LogP contribution < -0.4 is 15.4 Å². The summed E-state index contributed by atoms with van der Waals surface area (Å²) in [5, 5.41) is 6.59. The minimum Gasteiger partial charge on any atom is -0.491 e. The number of carbonyl (C=O) groups excluding carboxylic acids is 1. The van der Waals surface area contributed by atoms with Gasteiger partial charge >= 0.3 is 0 Å². The van der Waals surface area contributed by atoms with Crippen LogP contribution in [0.5, 0.6) is 5.75 Å². The van der Waals surface area contributed by atoms with Crippen LogP contribution >= 0.6 is 0 Å². The first-order valence-electron chi connectivity index (χ1n) is 8.79. The second kappa shape index (κ2) is 8.04. The van der Waals surface area contributed by atoms with E-state index in [-0.39, 0.29) is 5.91 Å². The van der Waals surface area contributed by atoms with Gasteiger partial charge in [-0.05, 0) is 25.8 Å². The molecule has 130 valence electrons. The van der Waals surface area contributed by atoms with Gasteiger partial charge in [-0.1, -0.05) is 18.2 Å². The van der Waals surface area contributed by atoms with Crippen LogP contribution in [0.15, 0.2) is 29.3 Å². The molecule has 0 atom stereocenters. The van der Waals surface area contributed by atoms with Gasteiger partial charge in [0.05, 0.1) is 13.1 Å². The Balaban J connectivity index is 1.52. The molecular weight excluding hydrogens is 304 g/mol. The maximum atomic E-state index is 12.5. The zero-order valence-corrected chi connectivity index (χ0v) is 14.3. The van der Waals surface area contributed by atoms with Gasteiger partial charge in [0, 0.05) is 31.1 Å². The Hall–Kier alpha value is -2.24. The summed E-state index contributed by atoms with van der Waals surface area (Å²) in [5.74, 6) is 1.83. The molecule has 2 N–H and O–H groups in total. The topological polar surface area (TPSA) is 66.0 Å². The van der Waals surface area contributed by atoms with Crippen molar-refractivity contribution in [1.29, 1.82) is 0 Å². The van der Waals surface area contributed by atoms with Crippen molar-refractivity contribution in [2.45, 2.75) is 38.8 Å². The van der Waals surface area contributed by atoms with Crippen LogP contribution in [0, 0.1) is 0 Å². The summed E-state index contributed by atoms with van der Waals surface area (Å²) in [6.45, 7) is 5.14. The van der Waals surface area contributed by atoms with Crippen LogP contribution in [0.3, 0.4) is 0 Å². The maximum Gasteiger partial charge on any atom is 0.224 e. The number of nitrogens with one attached hydrogen (secondary N) is 2. The Morgan fingerprint density at radius 3 is 3.00 bits per heavy atom. The molecule has 1 amide bonds. The smallest absolute Gasteiger partial charge is 0.224 e. The van der Waals surface area contributed by atoms with E-state index in [0.717, 1.165) is 23.8 Å². The molecule has 0 radical (unpaired) electrons. The van der Waals surface area contributed by atoms with E-state index in [9.17, 15) is 4.79 Å². The average molecular weight is 330 g/mol. The van der Waals surface area contributed by atoms with Gasteiger partial charge in [0.1, 0.15) is 12.4 Å². The molecule has 24 heavy (non-hydrogen) atoms. The predicted molar refractivity (Wildman–Crippen MR) is 94.1 cm³/mol. The van der Waals surface area contributed by atoms with Crippen LogP contribution in [0.25, 0.3) is 0 Å². The monoisotopic (exact) mass is 330 g/mol. The second-order valence-electron chi connectivity index (χ2n) is 6.20. The predicted octanol–water partition coefficient (Wildman–Crippen LogP) is 1.52. The molecule has 6 heteroatoms. The summed E-state index contributed by atoms with van der Waals surface area (Å²) in [6.07, 6.45) is 2.83. The third-order valence-corrected chi connectivity index (χ3v) is 4.16. The molecule has 1 fully saturated rings. The molecule has 0 unspecified atom stereocenters. The summed E-state index contributed by atoms with van der Waals surface area (Å²) >= 11 is 0. The molecule has 1 aliphatic heterocycles. The zero-order valence-electron chi connectivity index (χ0n) is 14.3. The summed E-state index contributed by atoms with van der Waals surface area (Å²) in [6, 6.07) is 8.46. The number of ether oxygens (including phenoxy) is 1. The molecule has 2 aliphatic rings. The fourth-order valence-corrected chi connectivity index (χ4v) is 2.70. The van der Waals surface area contributed by atoms with Crippen LogP contribution in [-0.4, -0.2) is 49.0 Å². The number of nitrogens with zero attached hydrogens (tertiary/aromatic N) is 2. The van der Waals surface area contributed by atoms with Gasteiger partial charge in [0.15, 0.2) is 5.96 Å². The Bertz CT molecular complexity index is 598. The number of carbonyl (C=O) groups is 1. The Morgan fingerprint density at radius 1 is 1.38 bits per heavy atom. The lowest BCUT2D eigenvalue weighted by atomic mass is 10.2. The van der Waals surface area contributed by atoms with Gasteiger partial charge in [0.2, 0.25) is 5.91 Å². The molecule has 0 aromatic heterocycles. The fraction of sp³-hybridized carbons (Fsp3) is 0.556. The van der Waals surface area contributed by atoms with E-state index in [1.165, 1.54) is 12.8 Å². The summed E-state index contributed by atoms with van der Waals surface area (Å²) in [4.78, 5) is 18.9. The second-order valence-corrected chi connectivity index (χ2v) is 6.20. The van der Waals surface area contributed by atoms with Crippen LogP contribution in [-0.2, 0) is 11.3 Å². The molecule has 0 bridgehead atoms. The van der Waals surface area contributed by atoms with Gasteiger partial charge in [-0.2, -0.15) is 0 Å². The molecule has 1 saturated carbocycles. The van der Waals surface area contributed by atoms with E-state index in [4.69, 9.17) is 4.74 Å². The van der Waals surface area contributed by atoms with Crippen molar-refractivity contribution in [2.75, 3.05) is 26.2 Å². The van der Waals surface area contributed by atoms with Crippen molar-refractivity contribution >= 4 is 11.9 Å². The standard InChI is InChI=1S/C18H26N4O2/c1-2-19-18(21-15-7-8-15)20-10-9-17(23)22-11-12-24-16-6-4-3-5-14(16)13-22/h3-6,15H,2,7-13H2,1H3,(H2,19,20,21). The van der Waals surface area contributed by atoms with E-state index >= 15 is 0 Å². The van der Waals surface area contributed by atoms with E-state index < -0.39 is 0 Å². The lowest BCUT2D eigenvalue weighted by molar-refractivity contribution is -0.131. The molecule has 0 spiro atoms. The van der Waals surface area contributed by atoms with Gasteiger partial charge < -0.3 is 20.3 Å². The zero-order chi connectivity index (χ0) is 16.8. The van der Waals surface area contributed by atoms with Crippen molar-refractivity contribution in [2.24, 2.45) is 4.99 Å². The van der Waals surface area contributed by atoms with Crippen molar-refractivity contribution in [3.05, 3.63) is 29.8 Å². The third kappa shape index (κ3) is 4.63. The van der Waals surface area contributed by atoms with Crippen LogP contribution in [0.2, 0.25) is 0 Å². The van der Waals surface area contributed by atoms with E-state index in [2.05, 4.69) is 15.6 Å². The summed E-state index contributed by atoms with van der Waals surface area (Å²) < 4.78 is 5.71. The molecule has 1 aliphatic carbocycles. The Kier molecular flexibility index (Phi) is 5.56. The fourth-order valence-electron chi connectivity index (χ4n) is 2.70. The van der Waals surface area contributed by atoms with Crippen LogP contribution in [0.4, 0.5) is 0 Å². The molecule has 1 heterocycles. The number of rotatable bonds is 5. The lowest BCUT2D eigenvalue weighted by Gasteiger charge is -2.19. The third-order valence-electron chi connectivity index (χ3n) is 4.16. The minimum absolute atomic E-state index is 0.126. The Morgan fingerprint density at radius 2 is 2.21 bits per heavy atom. The number of amides is 1.